The highest BCUT2D eigenvalue weighted by Gasteiger charge is 2.11. The van der Waals surface area contributed by atoms with Crippen LogP contribution < -0.4 is 11.1 Å². The molecule has 0 saturated heterocycles. The van der Waals surface area contributed by atoms with Gasteiger partial charge in [-0.25, -0.2) is 0 Å². The summed E-state index contributed by atoms with van der Waals surface area (Å²) in [6.45, 7) is 4.15. The third-order valence-corrected chi connectivity index (χ3v) is 2.75. The molecule has 0 spiro atoms. The molecule has 0 aliphatic heterocycles. The number of carbonyl (C=O) groups is 1. The van der Waals surface area contributed by atoms with Crippen LogP contribution in [0.2, 0.25) is 0 Å². The first kappa shape index (κ1) is 15.0. The second kappa shape index (κ2) is 7.41. The van der Waals surface area contributed by atoms with E-state index in [-0.39, 0.29) is 11.9 Å². The molecule has 5 nitrogen and oxygen atoms in total. The molecule has 0 aromatic heterocycles. The number of aliphatic imine (C=N–C) groups is 1. The predicted molar refractivity (Wildman–Crippen MR) is 77.1 cm³/mol. The first-order valence-corrected chi connectivity index (χ1v) is 6.30. The van der Waals surface area contributed by atoms with Gasteiger partial charge in [-0.15, -0.1) is 0 Å². The number of nitrogens with two attached hydrogens (primary N) is 1. The third-order valence-electron chi connectivity index (χ3n) is 2.75. The minimum atomic E-state index is -0.299. The van der Waals surface area contributed by atoms with Gasteiger partial charge in [0.2, 0.25) is 0 Å². The van der Waals surface area contributed by atoms with Gasteiger partial charge in [-0.05, 0) is 24.1 Å². The summed E-state index contributed by atoms with van der Waals surface area (Å²) in [5.74, 6) is -0.291. The van der Waals surface area contributed by atoms with Gasteiger partial charge in [0.1, 0.15) is 0 Å². The highest BCUT2D eigenvalue weighted by Crippen LogP contribution is 2.10. The molecular formula is C14H21N3O2. The fraction of sp³-hybridized carbons (Fsp3) is 0.429. The van der Waals surface area contributed by atoms with E-state index in [1.165, 1.54) is 12.7 Å². The van der Waals surface area contributed by atoms with Crippen molar-refractivity contribution < 1.29 is 9.53 Å². The summed E-state index contributed by atoms with van der Waals surface area (Å²) in [4.78, 5) is 15.3. The maximum absolute atomic E-state index is 11.2. The van der Waals surface area contributed by atoms with Crippen molar-refractivity contribution in [3.63, 3.8) is 0 Å². The molecule has 1 aromatic rings. The Labute approximate surface area is 113 Å². The Bertz CT molecular complexity index is 458. The number of rotatable bonds is 5. The smallest absolute Gasteiger partial charge is 0.310 e. The molecule has 1 atom stereocenters. The van der Waals surface area contributed by atoms with Gasteiger partial charge in [0.15, 0.2) is 5.96 Å². The van der Waals surface area contributed by atoms with Crippen LogP contribution in [0.15, 0.2) is 29.3 Å². The number of nitrogens with zero attached hydrogens (tertiary/aromatic N) is 1. The third kappa shape index (κ3) is 4.99. The number of carbonyl (C=O) groups excluding carboxylic acids is 1. The van der Waals surface area contributed by atoms with Gasteiger partial charge in [0.05, 0.1) is 19.6 Å². The summed E-state index contributed by atoms with van der Waals surface area (Å²) < 4.78 is 4.62. The molecule has 19 heavy (non-hydrogen) atoms. The maximum atomic E-state index is 11.2. The van der Waals surface area contributed by atoms with E-state index in [1.54, 1.807) is 6.92 Å². The standard InChI is InChI=1S/C14H21N3O2/c1-4-11-6-5-7-12(8-11)17-14(15)16-9-10(2)13(18)19-3/h5-8,10H,4,9H2,1-3H3,(H3,15,16,17). The van der Waals surface area contributed by atoms with E-state index in [0.717, 1.165) is 12.1 Å². The van der Waals surface area contributed by atoms with Crippen molar-refractivity contribution in [2.75, 3.05) is 19.0 Å². The fourth-order valence-electron chi connectivity index (χ4n) is 1.57. The SMILES string of the molecule is CCc1cccc(NC(N)=NCC(C)C(=O)OC)c1. The second-order valence-corrected chi connectivity index (χ2v) is 4.33. The monoisotopic (exact) mass is 263 g/mol. The molecule has 0 aliphatic carbocycles. The van der Waals surface area contributed by atoms with E-state index in [4.69, 9.17) is 5.73 Å². The normalized spacial score (nSPS) is 12.9. The lowest BCUT2D eigenvalue weighted by atomic mass is 10.1. The Morgan fingerprint density at radius 1 is 1.53 bits per heavy atom. The number of hydrogen-bond acceptors (Lipinski definition) is 3. The van der Waals surface area contributed by atoms with Gasteiger partial charge in [-0.2, -0.15) is 0 Å². The van der Waals surface area contributed by atoms with Crippen molar-refractivity contribution in [2.24, 2.45) is 16.6 Å². The lowest BCUT2D eigenvalue weighted by Gasteiger charge is -2.09. The van der Waals surface area contributed by atoms with Gasteiger partial charge in [-0.3, -0.25) is 9.79 Å². The molecule has 0 bridgehead atoms. The summed E-state index contributed by atoms with van der Waals surface area (Å²) >= 11 is 0. The van der Waals surface area contributed by atoms with Crippen molar-refractivity contribution in [2.45, 2.75) is 20.3 Å². The minimum Gasteiger partial charge on any atom is -0.469 e. The highest BCUT2D eigenvalue weighted by atomic mass is 16.5. The summed E-state index contributed by atoms with van der Waals surface area (Å²) in [6.07, 6.45) is 0.964. The van der Waals surface area contributed by atoms with Crippen LogP contribution in [0.4, 0.5) is 5.69 Å². The molecular weight excluding hydrogens is 242 g/mol. The Morgan fingerprint density at radius 3 is 2.89 bits per heavy atom. The van der Waals surface area contributed by atoms with Crippen LogP contribution in [0, 0.1) is 5.92 Å². The molecule has 1 aromatic carbocycles. The minimum absolute atomic E-state index is 0.287. The zero-order valence-electron chi connectivity index (χ0n) is 11.6. The van der Waals surface area contributed by atoms with Crippen molar-refractivity contribution in [1.29, 1.82) is 0 Å². The number of aryl methyl sites for hydroxylation is 1. The van der Waals surface area contributed by atoms with Gasteiger partial charge >= 0.3 is 5.97 Å². The number of guanidine groups is 1. The molecule has 3 N–H and O–H groups in total. The van der Waals surface area contributed by atoms with Gasteiger partial charge in [-0.1, -0.05) is 26.0 Å². The van der Waals surface area contributed by atoms with Crippen LogP contribution in [0.25, 0.3) is 0 Å². The Hall–Kier alpha value is -2.04. The van der Waals surface area contributed by atoms with E-state index >= 15 is 0 Å². The van der Waals surface area contributed by atoms with Crippen molar-refractivity contribution in [3.8, 4) is 0 Å². The predicted octanol–water partition coefficient (Wildman–Crippen LogP) is 1.78. The number of anilines is 1. The molecule has 1 unspecified atom stereocenters. The summed E-state index contributed by atoms with van der Waals surface area (Å²) in [6, 6.07) is 7.96. The number of esters is 1. The summed E-state index contributed by atoms with van der Waals surface area (Å²) in [5, 5.41) is 3.00. The van der Waals surface area contributed by atoms with Crippen LogP contribution in [0.5, 0.6) is 0 Å². The van der Waals surface area contributed by atoms with Crippen LogP contribution in [-0.4, -0.2) is 25.6 Å². The van der Waals surface area contributed by atoms with Crippen molar-refractivity contribution in [3.05, 3.63) is 29.8 Å². The summed E-state index contributed by atoms with van der Waals surface area (Å²) in [7, 11) is 1.36. The lowest BCUT2D eigenvalue weighted by Crippen LogP contribution is -2.25. The van der Waals surface area contributed by atoms with E-state index in [1.807, 2.05) is 18.2 Å². The van der Waals surface area contributed by atoms with Crippen LogP contribution in [0.3, 0.4) is 0 Å². The average Bonchev–Trinajstić information content (AvgIpc) is 2.44. The number of ether oxygens (including phenoxy) is 1. The van der Waals surface area contributed by atoms with Crippen LogP contribution in [-0.2, 0) is 16.0 Å². The number of hydrogen-bond donors (Lipinski definition) is 2. The number of nitrogens with one attached hydrogen (secondary N) is 1. The van der Waals surface area contributed by atoms with Gasteiger partial charge in [0, 0.05) is 5.69 Å². The Balaban J connectivity index is 2.58. The first-order chi connectivity index (χ1) is 9.06. The van der Waals surface area contributed by atoms with Crippen molar-refractivity contribution >= 4 is 17.6 Å². The van der Waals surface area contributed by atoms with E-state index in [0.29, 0.717) is 12.5 Å². The zero-order valence-corrected chi connectivity index (χ0v) is 11.6. The summed E-state index contributed by atoms with van der Waals surface area (Å²) in [5.41, 5.74) is 7.89. The molecule has 0 radical (unpaired) electrons. The maximum Gasteiger partial charge on any atom is 0.310 e. The molecule has 0 fully saturated rings. The number of benzene rings is 1. The molecule has 0 saturated carbocycles. The molecule has 0 aliphatic rings. The quantitative estimate of drug-likeness (QED) is 0.482. The number of methoxy groups -OCH3 is 1. The Kier molecular flexibility index (Phi) is 5.85. The van der Waals surface area contributed by atoms with Crippen molar-refractivity contribution in [1.82, 2.24) is 0 Å². The highest BCUT2D eigenvalue weighted by molar-refractivity contribution is 5.92. The average molecular weight is 263 g/mol. The Morgan fingerprint density at radius 2 is 2.26 bits per heavy atom. The van der Waals surface area contributed by atoms with Gasteiger partial charge < -0.3 is 15.8 Å². The van der Waals surface area contributed by atoms with E-state index < -0.39 is 0 Å². The van der Waals surface area contributed by atoms with Gasteiger partial charge in [0.25, 0.3) is 0 Å². The van der Waals surface area contributed by atoms with Crippen LogP contribution >= 0.6 is 0 Å². The fourth-order valence-corrected chi connectivity index (χ4v) is 1.57. The second-order valence-electron chi connectivity index (χ2n) is 4.33. The zero-order chi connectivity index (χ0) is 14.3. The molecule has 5 heteroatoms. The van der Waals surface area contributed by atoms with E-state index in [9.17, 15) is 4.79 Å². The van der Waals surface area contributed by atoms with Crippen LogP contribution in [0.1, 0.15) is 19.4 Å². The lowest BCUT2D eigenvalue weighted by molar-refractivity contribution is -0.144. The molecule has 0 heterocycles. The topological polar surface area (TPSA) is 76.7 Å². The molecule has 1 rings (SSSR count). The molecule has 104 valence electrons. The molecule has 0 amide bonds. The van der Waals surface area contributed by atoms with E-state index in [2.05, 4.69) is 28.0 Å². The first-order valence-electron chi connectivity index (χ1n) is 6.30. The largest absolute Gasteiger partial charge is 0.469 e.